The van der Waals surface area contributed by atoms with E-state index < -0.39 is 5.54 Å². The summed E-state index contributed by atoms with van der Waals surface area (Å²) in [5.74, 6) is 0.385. The number of carbonyl (C=O) groups is 1. The second kappa shape index (κ2) is 6.23. The summed E-state index contributed by atoms with van der Waals surface area (Å²) in [6.45, 7) is 4.30. The van der Waals surface area contributed by atoms with Gasteiger partial charge in [-0.25, -0.2) is 0 Å². The smallest absolute Gasteiger partial charge is 0.326 e. The van der Waals surface area contributed by atoms with Gasteiger partial charge in [-0.3, -0.25) is 10.1 Å². The fourth-order valence-electron chi connectivity index (χ4n) is 3.29. The van der Waals surface area contributed by atoms with Crippen LogP contribution >= 0.6 is 0 Å². The second-order valence-electron chi connectivity index (χ2n) is 6.16. The number of hydrogen-bond donors (Lipinski definition) is 1. The fourth-order valence-corrected chi connectivity index (χ4v) is 3.29. The molecule has 2 aliphatic carbocycles. The first-order valence-corrected chi connectivity index (χ1v) is 7.67. The van der Waals surface area contributed by atoms with Crippen LogP contribution in [0, 0.1) is 5.92 Å². The summed E-state index contributed by atoms with van der Waals surface area (Å²) < 4.78 is 5.11. The van der Waals surface area contributed by atoms with Crippen LogP contribution < -0.4 is 5.32 Å². The van der Waals surface area contributed by atoms with Crippen LogP contribution in [-0.2, 0) is 9.53 Å². The Kier molecular flexibility index (Phi) is 4.85. The third-order valence-electron chi connectivity index (χ3n) is 4.81. The number of esters is 1. The zero-order valence-corrected chi connectivity index (χ0v) is 12.6. The van der Waals surface area contributed by atoms with E-state index in [0.717, 1.165) is 38.8 Å². The first-order chi connectivity index (χ1) is 9.12. The van der Waals surface area contributed by atoms with E-state index in [9.17, 15) is 4.79 Å². The maximum absolute atomic E-state index is 12.3. The number of nitrogens with one attached hydrogen (secondary N) is 1. The number of rotatable bonds is 7. The van der Waals surface area contributed by atoms with E-state index in [2.05, 4.69) is 24.2 Å². The van der Waals surface area contributed by atoms with Crippen LogP contribution in [0.2, 0.25) is 0 Å². The Hall–Kier alpha value is -0.610. The molecule has 2 fully saturated rings. The van der Waals surface area contributed by atoms with Gasteiger partial charge in [-0.05, 0) is 58.2 Å². The lowest BCUT2D eigenvalue weighted by atomic mass is 9.84. The summed E-state index contributed by atoms with van der Waals surface area (Å²) in [5.41, 5.74) is -0.398. The van der Waals surface area contributed by atoms with Gasteiger partial charge in [0.05, 0.1) is 7.11 Å². The SMILES string of the molecule is CCN(C)CCC1CCCC1(NC1CC1)C(=O)OC. The molecule has 0 aromatic carbocycles. The summed E-state index contributed by atoms with van der Waals surface area (Å²) in [5, 5.41) is 3.62. The van der Waals surface area contributed by atoms with E-state index in [0.29, 0.717) is 12.0 Å². The maximum atomic E-state index is 12.3. The molecule has 2 aliphatic rings. The number of hydrogen-bond acceptors (Lipinski definition) is 4. The lowest BCUT2D eigenvalue weighted by Crippen LogP contribution is -2.56. The average Bonchev–Trinajstić information content (AvgIpc) is 3.14. The Bertz CT molecular complexity index is 317. The van der Waals surface area contributed by atoms with E-state index in [4.69, 9.17) is 4.74 Å². The van der Waals surface area contributed by atoms with Gasteiger partial charge in [0.15, 0.2) is 0 Å². The van der Waals surface area contributed by atoms with E-state index in [1.807, 2.05) is 0 Å². The molecule has 110 valence electrons. The Morgan fingerprint density at radius 1 is 1.42 bits per heavy atom. The van der Waals surface area contributed by atoms with Crippen molar-refractivity contribution in [1.29, 1.82) is 0 Å². The van der Waals surface area contributed by atoms with Crippen molar-refractivity contribution in [3.05, 3.63) is 0 Å². The Morgan fingerprint density at radius 2 is 2.16 bits per heavy atom. The van der Waals surface area contributed by atoms with Crippen molar-refractivity contribution in [3.63, 3.8) is 0 Å². The summed E-state index contributed by atoms with van der Waals surface area (Å²) >= 11 is 0. The molecule has 0 aliphatic heterocycles. The minimum Gasteiger partial charge on any atom is -0.468 e. The number of methoxy groups -OCH3 is 1. The highest BCUT2D eigenvalue weighted by molar-refractivity contribution is 5.81. The molecule has 0 spiro atoms. The van der Waals surface area contributed by atoms with Crippen molar-refractivity contribution >= 4 is 5.97 Å². The minimum absolute atomic E-state index is 0.0407. The third-order valence-corrected chi connectivity index (χ3v) is 4.81. The molecule has 0 heterocycles. The topological polar surface area (TPSA) is 41.6 Å². The molecule has 2 saturated carbocycles. The van der Waals surface area contributed by atoms with Gasteiger partial charge in [0, 0.05) is 6.04 Å². The van der Waals surface area contributed by atoms with Gasteiger partial charge in [-0.15, -0.1) is 0 Å². The number of ether oxygens (including phenoxy) is 1. The van der Waals surface area contributed by atoms with Gasteiger partial charge < -0.3 is 9.64 Å². The predicted molar refractivity (Wildman–Crippen MR) is 76.0 cm³/mol. The van der Waals surface area contributed by atoms with Gasteiger partial charge >= 0.3 is 5.97 Å². The molecule has 2 unspecified atom stereocenters. The zero-order chi connectivity index (χ0) is 13.9. The standard InChI is InChI=1S/C15H28N2O2/c1-4-17(2)11-9-12-6-5-10-15(12,14(18)19-3)16-13-7-8-13/h12-13,16H,4-11H2,1-3H3. The summed E-state index contributed by atoms with van der Waals surface area (Å²) in [4.78, 5) is 14.6. The first kappa shape index (κ1) is 14.8. The molecule has 0 amide bonds. The highest BCUT2D eigenvalue weighted by Crippen LogP contribution is 2.41. The van der Waals surface area contributed by atoms with Crippen LogP contribution in [0.15, 0.2) is 0 Å². The predicted octanol–water partition coefficient (Wildman–Crippen LogP) is 1.79. The molecule has 0 saturated heterocycles. The van der Waals surface area contributed by atoms with E-state index >= 15 is 0 Å². The van der Waals surface area contributed by atoms with Gasteiger partial charge in [0.25, 0.3) is 0 Å². The quantitative estimate of drug-likeness (QED) is 0.715. The normalized spacial score (nSPS) is 30.8. The molecule has 1 N–H and O–H groups in total. The Morgan fingerprint density at radius 3 is 2.74 bits per heavy atom. The lowest BCUT2D eigenvalue weighted by molar-refractivity contribution is -0.150. The fraction of sp³-hybridized carbons (Fsp3) is 0.933. The van der Waals surface area contributed by atoms with Crippen molar-refractivity contribution in [2.75, 3.05) is 27.2 Å². The summed E-state index contributed by atoms with van der Waals surface area (Å²) in [6, 6.07) is 0.545. The molecule has 4 nitrogen and oxygen atoms in total. The zero-order valence-electron chi connectivity index (χ0n) is 12.6. The Balaban J connectivity index is 2.03. The van der Waals surface area contributed by atoms with Crippen LogP contribution in [0.1, 0.15) is 45.4 Å². The maximum Gasteiger partial charge on any atom is 0.326 e. The van der Waals surface area contributed by atoms with Crippen molar-refractivity contribution in [3.8, 4) is 0 Å². The molecular weight excluding hydrogens is 240 g/mol. The van der Waals surface area contributed by atoms with Crippen molar-refractivity contribution < 1.29 is 9.53 Å². The van der Waals surface area contributed by atoms with Crippen molar-refractivity contribution in [2.24, 2.45) is 5.92 Å². The highest BCUT2D eigenvalue weighted by atomic mass is 16.5. The van der Waals surface area contributed by atoms with E-state index in [-0.39, 0.29) is 5.97 Å². The molecule has 2 atom stereocenters. The van der Waals surface area contributed by atoms with Crippen molar-refractivity contribution in [2.45, 2.75) is 57.0 Å². The Labute approximate surface area is 116 Å². The van der Waals surface area contributed by atoms with Crippen LogP contribution in [0.4, 0.5) is 0 Å². The monoisotopic (exact) mass is 268 g/mol. The van der Waals surface area contributed by atoms with Crippen LogP contribution in [0.3, 0.4) is 0 Å². The van der Waals surface area contributed by atoms with Crippen molar-refractivity contribution in [1.82, 2.24) is 10.2 Å². The van der Waals surface area contributed by atoms with Gasteiger partial charge in [-0.1, -0.05) is 13.3 Å². The average molecular weight is 268 g/mol. The van der Waals surface area contributed by atoms with E-state index in [1.54, 1.807) is 0 Å². The molecule has 0 aromatic heterocycles. The molecule has 19 heavy (non-hydrogen) atoms. The van der Waals surface area contributed by atoms with Gasteiger partial charge in [0.1, 0.15) is 5.54 Å². The van der Waals surface area contributed by atoms with E-state index in [1.165, 1.54) is 20.0 Å². The first-order valence-electron chi connectivity index (χ1n) is 7.67. The highest BCUT2D eigenvalue weighted by Gasteiger charge is 2.51. The molecule has 0 radical (unpaired) electrons. The van der Waals surface area contributed by atoms with Gasteiger partial charge in [0.2, 0.25) is 0 Å². The molecule has 0 aromatic rings. The number of carbonyl (C=O) groups excluding carboxylic acids is 1. The molecule has 2 rings (SSSR count). The molecule has 4 heteroatoms. The van der Waals surface area contributed by atoms with Crippen LogP contribution in [0.5, 0.6) is 0 Å². The van der Waals surface area contributed by atoms with Crippen LogP contribution in [-0.4, -0.2) is 49.7 Å². The van der Waals surface area contributed by atoms with Crippen LogP contribution in [0.25, 0.3) is 0 Å². The largest absolute Gasteiger partial charge is 0.468 e. The molecular formula is C15H28N2O2. The minimum atomic E-state index is -0.398. The summed E-state index contributed by atoms with van der Waals surface area (Å²) in [6.07, 6.45) is 6.72. The third kappa shape index (κ3) is 3.29. The van der Waals surface area contributed by atoms with Gasteiger partial charge in [-0.2, -0.15) is 0 Å². The second-order valence-corrected chi connectivity index (χ2v) is 6.16. The lowest BCUT2D eigenvalue weighted by Gasteiger charge is -2.35. The molecule has 0 bridgehead atoms. The number of nitrogens with zero attached hydrogens (tertiary/aromatic N) is 1. The summed E-state index contributed by atoms with van der Waals surface area (Å²) in [7, 11) is 3.66.